The van der Waals surface area contributed by atoms with Gasteiger partial charge in [0.15, 0.2) is 6.04 Å². The summed E-state index contributed by atoms with van der Waals surface area (Å²) in [7, 11) is -0.486. The fourth-order valence-electron chi connectivity index (χ4n) is 4.44. The van der Waals surface area contributed by atoms with Crippen molar-refractivity contribution in [3.8, 4) is 0 Å². The Bertz CT molecular complexity index is 1130. The Balaban J connectivity index is 1.55. The zero-order valence-corrected chi connectivity index (χ0v) is 20.5. The van der Waals surface area contributed by atoms with Crippen molar-refractivity contribution >= 4 is 33.6 Å². The van der Waals surface area contributed by atoms with Crippen LogP contribution in [0.2, 0.25) is 0 Å². The van der Waals surface area contributed by atoms with Crippen LogP contribution >= 0.6 is 0 Å². The Kier molecular flexibility index (Phi) is 7.31. The first kappa shape index (κ1) is 25.4. The molecule has 2 amide bonds. The molecule has 2 saturated heterocycles. The van der Waals surface area contributed by atoms with E-state index in [2.05, 4.69) is 10.3 Å². The summed E-state index contributed by atoms with van der Waals surface area (Å²) in [5.41, 5.74) is 0.608. The monoisotopic (exact) mass is 508 g/mol. The average molecular weight is 509 g/mol. The van der Waals surface area contributed by atoms with Crippen LogP contribution in [0.25, 0.3) is 0 Å². The lowest BCUT2D eigenvalue weighted by Gasteiger charge is -2.42. The van der Waals surface area contributed by atoms with Gasteiger partial charge in [-0.25, -0.2) is 9.38 Å². The van der Waals surface area contributed by atoms with Gasteiger partial charge >= 0.3 is 0 Å². The van der Waals surface area contributed by atoms with Crippen LogP contribution in [0.4, 0.5) is 4.39 Å². The SMILES string of the molecule is CN1CCN(S(=O)(=O)N(C)[C@H]2CCCN3C(=O)C(=O)C(C(=O)NCc4ccc(F)cc4)N=C23)CC1. The number of likely N-dealkylation sites (N-methyl/N-ethyl adjacent to an activating group) is 2. The second-order valence-corrected chi connectivity index (χ2v) is 10.9. The van der Waals surface area contributed by atoms with Crippen LogP contribution < -0.4 is 5.32 Å². The summed E-state index contributed by atoms with van der Waals surface area (Å²) in [5.74, 6) is -2.90. The van der Waals surface area contributed by atoms with E-state index in [-0.39, 0.29) is 18.9 Å². The van der Waals surface area contributed by atoms with Gasteiger partial charge in [-0.2, -0.15) is 17.0 Å². The minimum Gasteiger partial charge on any atom is -0.350 e. The minimum atomic E-state index is -3.85. The van der Waals surface area contributed by atoms with Crippen molar-refractivity contribution in [2.45, 2.75) is 31.5 Å². The second kappa shape index (κ2) is 10.1. The van der Waals surface area contributed by atoms with Crippen molar-refractivity contribution in [2.75, 3.05) is 46.8 Å². The number of rotatable bonds is 6. The lowest BCUT2D eigenvalue weighted by atomic mass is 9.99. The lowest BCUT2D eigenvalue weighted by molar-refractivity contribution is -0.146. The molecule has 4 rings (SSSR count). The van der Waals surface area contributed by atoms with Gasteiger partial charge in [0.05, 0.1) is 6.04 Å². The van der Waals surface area contributed by atoms with Crippen LogP contribution in [0.3, 0.4) is 0 Å². The van der Waals surface area contributed by atoms with Crippen LogP contribution in [0.1, 0.15) is 18.4 Å². The van der Waals surface area contributed by atoms with Crippen molar-refractivity contribution in [2.24, 2.45) is 4.99 Å². The Labute approximate surface area is 203 Å². The van der Waals surface area contributed by atoms with Crippen LogP contribution in [-0.2, 0) is 31.1 Å². The van der Waals surface area contributed by atoms with Gasteiger partial charge in [-0.15, -0.1) is 0 Å². The van der Waals surface area contributed by atoms with E-state index < -0.39 is 45.7 Å². The molecule has 35 heavy (non-hydrogen) atoms. The number of aliphatic imine (C=N–C) groups is 1. The number of carbonyl (C=O) groups excluding carboxylic acids is 3. The summed E-state index contributed by atoms with van der Waals surface area (Å²) in [4.78, 5) is 45.8. The van der Waals surface area contributed by atoms with Crippen molar-refractivity contribution in [3.63, 3.8) is 0 Å². The topological polar surface area (TPSA) is 123 Å². The summed E-state index contributed by atoms with van der Waals surface area (Å²) in [6, 6.07) is 3.10. The van der Waals surface area contributed by atoms with E-state index in [0.29, 0.717) is 44.6 Å². The third kappa shape index (κ3) is 5.13. The molecule has 0 bridgehead atoms. The first-order valence-electron chi connectivity index (χ1n) is 11.5. The number of fused-ring (bicyclic) bond motifs is 1. The summed E-state index contributed by atoms with van der Waals surface area (Å²) in [5, 5.41) is 2.56. The highest BCUT2D eigenvalue weighted by Crippen LogP contribution is 2.26. The van der Waals surface area contributed by atoms with Crippen LogP contribution in [0.15, 0.2) is 29.3 Å². The highest BCUT2D eigenvalue weighted by Gasteiger charge is 2.47. The number of halogens is 1. The number of carbonyl (C=O) groups is 3. The second-order valence-electron chi connectivity index (χ2n) is 8.94. The predicted molar refractivity (Wildman–Crippen MR) is 125 cm³/mol. The molecule has 3 aliphatic rings. The predicted octanol–water partition coefficient (Wildman–Crippen LogP) is -0.793. The van der Waals surface area contributed by atoms with E-state index in [1.165, 1.54) is 44.8 Å². The molecule has 0 radical (unpaired) electrons. The number of piperidine rings is 1. The van der Waals surface area contributed by atoms with E-state index in [1.807, 2.05) is 11.9 Å². The maximum atomic E-state index is 13.3. The van der Waals surface area contributed by atoms with Crippen molar-refractivity contribution in [1.82, 2.24) is 23.7 Å². The number of piperazine rings is 1. The fraction of sp³-hybridized carbons (Fsp3) is 0.545. The Morgan fingerprint density at radius 1 is 1.14 bits per heavy atom. The van der Waals surface area contributed by atoms with Crippen molar-refractivity contribution in [1.29, 1.82) is 0 Å². The summed E-state index contributed by atoms with van der Waals surface area (Å²) >= 11 is 0. The van der Waals surface area contributed by atoms with Crippen LogP contribution in [0.5, 0.6) is 0 Å². The normalized spacial score (nSPS) is 24.3. The van der Waals surface area contributed by atoms with Gasteiger partial charge in [0, 0.05) is 46.3 Å². The molecular weight excluding hydrogens is 479 g/mol. The molecule has 13 heteroatoms. The fourth-order valence-corrected chi connectivity index (χ4v) is 5.95. The molecule has 1 N–H and O–H groups in total. The minimum absolute atomic E-state index is 0.0206. The molecule has 190 valence electrons. The van der Waals surface area contributed by atoms with E-state index in [4.69, 9.17) is 0 Å². The quantitative estimate of drug-likeness (QED) is 0.397. The third-order valence-corrected chi connectivity index (χ3v) is 8.62. The Morgan fingerprint density at radius 3 is 2.46 bits per heavy atom. The number of nitrogens with one attached hydrogen (secondary N) is 1. The number of nitrogens with zero attached hydrogens (tertiary/aromatic N) is 5. The molecule has 3 heterocycles. The van der Waals surface area contributed by atoms with Gasteiger partial charge in [-0.3, -0.25) is 19.3 Å². The van der Waals surface area contributed by atoms with Gasteiger partial charge < -0.3 is 10.2 Å². The molecule has 3 aliphatic heterocycles. The first-order chi connectivity index (χ1) is 16.6. The number of hydrogen-bond donors (Lipinski definition) is 1. The molecule has 0 saturated carbocycles. The molecule has 0 spiro atoms. The molecule has 2 fully saturated rings. The molecule has 11 nitrogen and oxygen atoms in total. The number of ketones is 1. The van der Waals surface area contributed by atoms with E-state index in [1.54, 1.807) is 0 Å². The number of amides is 2. The molecule has 1 aromatic carbocycles. The summed E-state index contributed by atoms with van der Waals surface area (Å²) < 4.78 is 42.3. The summed E-state index contributed by atoms with van der Waals surface area (Å²) in [6.45, 7) is 2.15. The van der Waals surface area contributed by atoms with Crippen molar-refractivity contribution in [3.05, 3.63) is 35.6 Å². The number of amidine groups is 1. The van der Waals surface area contributed by atoms with Gasteiger partial charge in [0.25, 0.3) is 27.8 Å². The molecule has 0 aliphatic carbocycles. The molecule has 1 aromatic rings. The Hall–Kier alpha value is -2.74. The first-order valence-corrected chi connectivity index (χ1v) is 12.9. The van der Waals surface area contributed by atoms with Crippen LogP contribution in [0, 0.1) is 5.82 Å². The molecule has 2 atom stereocenters. The lowest BCUT2D eigenvalue weighted by Crippen LogP contribution is -2.63. The highest BCUT2D eigenvalue weighted by atomic mass is 32.2. The Morgan fingerprint density at radius 2 is 1.80 bits per heavy atom. The van der Waals surface area contributed by atoms with E-state index >= 15 is 0 Å². The molecular formula is C22H29FN6O5S. The van der Waals surface area contributed by atoms with E-state index in [9.17, 15) is 27.2 Å². The van der Waals surface area contributed by atoms with Gasteiger partial charge in [-0.1, -0.05) is 12.1 Å². The highest BCUT2D eigenvalue weighted by molar-refractivity contribution is 7.86. The number of Topliss-reactive ketones (excluding diaryl/α,β-unsaturated/α-hetero) is 1. The average Bonchev–Trinajstić information content (AvgIpc) is 2.85. The number of hydrogen-bond acceptors (Lipinski definition) is 7. The molecule has 0 aromatic heterocycles. The van der Waals surface area contributed by atoms with Gasteiger partial charge in [-0.05, 0) is 37.6 Å². The zero-order chi connectivity index (χ0) is 25.3. The standard InChI is InChI=1S/C22H29FN6O5S/c1-26-10-12-28(13-11-26)35(33,34)27(2)17-4-3-9-29-20(17)25-18(19(30)22(29)32)21(31)24-14-15-5-7-16(23)8-6-15/h5-8,17-18H,3-4,9-14H2,1-2H3,(H,24,31)/t17-,18?/m0/s1. The molecule has 1 unspecified atom stereocenters. The van der Waals surface area contributed by atoms with E-state index in [0.717, 1.165) is 0 Å². The maximum Gasteiger partial charge on any atom is 0.298 e. The smallest absolute Gasteiger partial charge is 0.298 e. The summed E-state index contributed by atoms with van der Waals surface area (Å²) in [6.07, 6.45) is 0.900. The zero-order valence-electron chi connectivity index (χ0n) is 19.7. The largest absolute Gasteiger partial charge is 0.350 e. The number of benzene rings is 1. The third-order valence-electron chi connectivity index (χ3n) is 6.62. The van der Waals surface area contributed by atoms with Crippen LogP contribution in [-0.4, -0.2) is 109 Å². The van der Waals surface area contributed by atoms with Gasteiger partial charge in [0.2, 0.25) is 0 Å². The van der Waals surface area contributed by atoms with Crippen molar-refractivity contribution < 1.29 is 27.2 Å². The van der Waals surface area contributed by atoms with Gasteiger partial charge in [0.1, 0.15) is 11.7 Å². The maximum absolute atomic E-state index is 13.3.